The third kappa shape index (κ3) is 3.83. The topological polar surface area (TPSA) is 144 Å². The maximum absolute atomic E-state index is 13.5. The van der Waals surface area contributed by atoms with Gasteiger partial charge in [-0.05, 0) is 48.5 Å². The molecule has 0 aliphatic carbocycles. The van der Waals surface area contributed by atoms with E-state index in [9.17, 15) is 22.4 Å². The van der Waals surface area contributed by atoms with Crippen molar-refractivity contribution in [1.29, 1.82) is 0 Å². The van der Waals surface area contributed by atoms with E-state index in [-0.39, 0.29) is 11.4 Å². The number of benzene rings is 2. The summed E-state index contributed by atoms with van der Waals surface area (Å²) < 4.78 is 42.0. The van der Waals surface area contributed by atoms with Gasteiger partial charge in [0.25, 0.3) is 15.9 Å². The van der Waals surface area contributed by atoms with Gasteiger partial charge in [-0.25, -0.2) is 22.3 Å². The monoisotopic (exact) mass is 404 g/mol. The minimum Gasteiger partial charge on any atom is -0.478 e. The molecule has 1 amide bonds. The van der Waals surface area contributed by atoms with Gasteiger partial charge in [0, 0.05) is 11.9 Å². The maximum Gasteiger partial charge on any atom is 0.338 e. The van der Waals surface area contributed by atoms with Crippen LogP contribution in [0.3, 0.4) is 0 Å². The molecule has 4 N–H and O–H groups in total. The molecule has 1 aromatic heterocycles. The fraction of sp³-hybridized carbons (Fsp3) is 0. The van der Waals surface area contributed by atoms with Gasteiger partial charge >= 0.3 is 5.97 Å². The Morgan fingerprint density at radius 3 is 2.36 bits per heavy atom. The van der Waals surface area contributed by atoms with Gasteiger partial charge in [0.05, 0.1) is 16.1 Å². The van der Waals surface area contributed by atoms with Crippen molar-refractivity contribution in [3.05, 3.63) is 71.8 Å². The van der Waals surface area contributed by atoms with Gasteiger partial charge in [-0.1, -0.05) is 0 Å². The van der Waals surface area contributed by atoms with E-state index in [0.29, 0.717) is 5.69 Å². The van der Waals surface area contributed by atoms with E-state index < -0.39 is 38.2 Å². The van der Waals surface area contributed by atoms with Crippen molar-refractivity contribution < 1.29 is 27.5 Å². The van der Waals surface area contributed by atoms with E-state index >= 15 is 0 Å². The van der Waals surface area contributed by atoms with Crippen LogP contribution in [0.4, 0.5) is 10.1 Å². The predicted molar refractivity (Wildman–Crippen MR) is 96.2 cm³/mol. The molecule has 0 radical (unpaired) electrons. The molecule has 0 bridgehead atoms. The second-order valence-corrected chi connectivity index (χ2v) is 7.29. The quantitative estimate of drug-likeness (QED) is 0.569. The number of carbonyl (C=O) groups is 2. The Kier molecular flexibility index (Phi) is 4.84. The average molecular weight is 404 g/mol. The van der Waals surface area contributed by atoms with E-state index in [1.807, 2.05) is 0 Å². The Morgan fingerprint density at radius 1 is 1.11 bits per heavy atom. The summed E-state index contributed by atoms with van der Waals surface area (Å²) in [4.78, 5) is 21.7. The van der Waals surface area contributed by atoms with Crippen LogP contribution in [0.2, 0.25) is 0 Å². The van der Waals surface area contributed by atoms with Crippen LogP contribution in [0.25, 0.3) is 5.69 Å². The highest BCUT2D eigenvalue weighted by atomic mass is 32.2. The van der Waals surface area contributed by atoms with Crippen LogP contribution in [0, 0.1) is 5.82 Å². The normalized spacial score (nSPS) is 11.2. The SMILES string of the molecule is NC(=O)c1ccn(-c2ccc(NS(=O)(=O)c3ccc(F)c(C(=O)O)c3)cc2)n1. The van der Waals surface area contributed by atoms with Crippen molar-refractivity contribution in [3.63, 3.8) is 0 Å². The highest BCUT2D eigenvalue weighted by Gasteiger charge is 2.19. The first kappa shape index (κ1) is 19.0. The Balaban J connectivity index is 1.84. The van der Waals surface area contributed by atoms with Crippen molar-refractivity contribution in [3.8, 4) is 5.69 Å². The highest BCUT2D eigenvalue weighted by molar-refractivity contribution is 7.92. The summed E-state index contributed by atoms with van der Waals surface area (Å²) >= 11 is 0. The number of nitrogens with two attached hydrogens (primary N) is 1. The standard InChI is InChI=1S/C17H13FN4O5S/c18-14-6-5-12(9-13(14)17(24)25)28(26,27)21-10-1-3-11(4-2-10)22-8-7-15(20-22)16(19)23/h1-9,21H,(H2,19,23)(H,24,25). The summed E-state index contributed by atoms with van der Waals surface area (Å²) in [5.41, 5.74) is 5.21. The first-order valence-corrected chi connectivity index (χ1v) is 9.17. The average Bonchev–Trinajstić information content (AvgIpc) is 3.12. The largest absolute Gasteiger partial charge is 0.478 e. The molecule has 0 saturated carbocycles. The minimum atomic E-state index is -4.13. The number of rotatable bonds is 6. The van der Waals surface area contributed by atoms with Crippen LogP contribution in [0.5, 0.6) is 0 Å². The molecule has 144 valence electrons. The molecule has 1 heterocycles. The molecular formula is C17H13FN4O5S. The fourth-order valence-electron chi connectivity index (χ4n) is 2.33. The lowest BCUT2D eigenvalue weighted by molar-refractivity contribution is 0.0691. The summed E-state index contributed by atoms with van der Waals surface area (Å²) in [5.74, 6) is -3.29. The van der Waals surface area contributed by atoms with Crippen molar-refractivity contribution in [2.45, 2.75) is 4.90 Å². The van der Waals surface area contributed by atoms with E-state index in [2.05, 4.69) is 9.82 Å². The number of hydrogen-bond acceptors (Lipinski definition) is 5. The number of sulfonamides is 1. The number of amides is 1. The number of hydrogen-bond donors (Lipinski definition) is 3. The summed E-state index contributed by atoms with van der Waals surface area (Å²) in [5, 5.41) is 12.9. The molecule has 0 saturated heterocycles. The molecule has 3 rings (SSSR count). The lowest BCUT2D eigenvalue weighted by Gasteiger charge is -2.10. The summed E-state index contributed by atoms with van der Waals surface area (Å²) in [6, 6.07) is 9.89. The number of halogens is 1. The summed E-state index contributed by atoms with van der Waals surface area (Å²) in [6.45, 7) is 0. The Morgan fingerprint density at radius 2 is 1.79 bits per heavy atom. The Bertz CT molecular complexity index is 1170. The molecule has 9 nitrogen and oxygen atoms in total. The van der Waals surface area contributed by atoms with Gasteiger partial charge in [-0.15, -0.1) is 0 Å². The minimum absolute atomic E-state index is 0.0790. The van der Waals surface area contributed by atoms with Gasteiger partial charge in [0.2, 0.25) is 0 Å². The van der Waals surface area contributed by atoms with Crippen molar-refractivity contribution in [1.82, 2.24) is 9.78 Å². The van der Waals surface area contributed by atoms with E-state index in [0.717, 1.165) is 18.2 Å². The number of aromatic carboxylic acids is 1. The smallest absolute Gasteiger partial charge is 0.338 e. The van der Waals surface area contributed by atoms with Gasteiger partial charge in [-0.2, -0.15) is 5.10 Å². The molecule has 0 atom stereocenters. The van der Waals surface area contributed by atoms with Crippen LogP contribution >= 0.6 is 0 Å². The van der Waals surface area contributed by atoms with Crippen LogP contribution < -0.4 is 10.5 Å². The number of nitrogens with zero attached hydrogens (tertiary/aromatic N) is 2. The van der Waals surface area contributed by atoms with Crippen LogP contribution in [-0.2, 0) is 10.0 Å². The van der Waals surface area contributed by atoms with Crippen molar-refractivity contribution in [2.75, 3.05) is 4.72 Å². The molecule has 28 heavy (non-hydrogen) atoms. The van der Waals surface area contributed by atoms with E-state index in [1.54, 1.807) is 12.1 Å². The number of anilines is 1. The maximum atomic E-state index is 13.5. The number of carboxylic acids is 1. The predicted octanol–water partition coefficient (Wildman–Crippen LogP) is 1.61. The molecule has 0 aliphatic heterocycles. The summed E-state index contributed by atoms with van der Waals surface area (Å²) in [7, 11) is -4.13. The van der Waals surface area contributed by atoms with Gasteiger partial charge in [0.1, 0.15) is 11.5 Å². The molecule has 0 fully saturated rings. The number of carbonyl (C=O) groups excluding carboxylic acids is 1. The third-order valence-electron chi connectivity index (χ3n) is 3.70. The first-order chi connectivity index (χ1) is 13.2. The zero-order chi connectivity index (χ0) is 20.5. The van der Waals surface area contributed by atoms with Gasteiger partial charge in [-0.3, -0.25) is 9.52 Å². The third-order valence-corrected chi connectivity index (χ3v) is 5.08. The lowest BCUT2D eigenvalue weighted by atomic mass is 10.2. The fourth-order valence-corrected chi connectivity index (χ4v) is 3.42. The molecule has 0 aliphatic rings. The van der Waals surface area contributed by atoms with Crippen LogP contribution in [-0.4, -0.2) is 35.2 Å². The molecule has 11 heteroatoms. The number of nitrogens with one attached hydrogen (secondary N) is 1. The number of aromatic nitrogens is 2. The molecule has 3 aromatic rings. The molecule has 2 aromatic carbocycles. The molecule has 0 unspecified atom stereocenters. The van der Waals surface area contributed by atoms with Crippen molar-refractivity contribution >= 4 is 27.6 Å². The Labute approximate surface area is 158 Å². The lowest BCUT2D eigenvalue weighted by Crippen LogP contribution is -2.14. The second-order valence-electron chi connectivity index (χ2n) is 5.61. The highest BCUT2D eigenvalue weighted by Crippen LogP contribution is 2.20. The zero-order valence-electron chi connectivity index (χ0n) is 14.0. The van der Waals surface area contributed by atoms with Crippen molar-refractivity contribution in [2.24, 2.45) is 5.73 Å². The van der Waals surface area contributed by atoms with E-state index in [1.165, 1.54) is 29.1 Å². The zero-order valence-corrected chi connectivity index (χ0v) is 14.9. The van der Waals surface area contributed by atoms with Crippen LogP contribution in [0.1, 0.15) is 20.8 Å². The Hall–Kier alpha value is -3.73. The molecule has 0 spiro atoms. The van der Waals surface area contributed by atoms with Crippen LogP contribution in [0.15, 0.2) is 59.6 Å². The summed E-state index contributed by atoms with van der Waals surface area (Å²) in [6.07, 6.45) is 1.52. The van der Waals surface area contributed by atoms with Gasteiger partial charge in [0.15, 0.2) is 0 Å². The van der Waals surface area contributed by atoms with E-state index in [4.69, 9.17) is 10.8 Å². The second kappa shape index (κ2) is 7.12. The number of carboxylic acid groups (broad SMARTS) is 1. The number of primary amides is 1. The first-order valence-electron chi connectivity index (χ1n) is 7.69. The molecular weight excluding hydrogens is 391 g/mol. The van der Waals surface area contributed by atoms with Gasteiger partial charge < -0.3 is 10.8 Å².